The van der Waals surface area contributed by atoms with E-state index >= 15 is 0 Å². The number of anilines is 1. The molecule has 0 radical (unpaired) electrons. The summed E-state index contributed by atoms with van der Waals surface area (Å²) in [5.41, 5.74) is 1.05. The van der Waals surface area contributed by atoms with E-state index in [0.717, 1.165) is 4.31 Å². The van der Waals surface area contributed by atoms with Crippen LogP contribution in [0.25, 0.3) is 0 Å². The number of aromatic hydroxyl groups is 1. The van der Waals surface area contributed by atoms with Gasteiger partial charge in [0.1, 0.15) is 11.4 Å². The highest BCUT2D eigenvalue weighted by Crippen LogP contribution is 2.28. The van der Waals surface area contributed by atoms with Crippen LogP contribution in [0.1, 0.15) is 11.3 Å². The van der Waals surface area contributed by atoms with Crippen LogP contribution in [-0.2, 0) is 22.1 Å². The highest BCUT2D eigenvalue weighted by Gasteiger charge is 2.31. The number of aromatic nitrogens is 2. The highest BCUT2D eigenvalue weighted by atomic mass is 35.5. The Morgan fingerprint density at radius 1 is 1.30 bits per heavy atom. The molecule has 0 saturated heterocycles. The zero-order valence-electron chi connectivity index (χ0n) is 14.6. The molecule has 3 rings (SSSR count). The lowest BCUT2D eigenvalue weighted by Gasteiger charge is -2.23. The number of carbonyl (C=O) groups is 1. The molecule has 0 unspecified atom stereocenters. The second-order valence-corrected chi connectivity index (χ2v) is 7.93. The maximum atomic E-state index is 12.7. The van der Waals surface area contributed by atoms with Gasteiger partial charge < -0.3 is 10.4 Å². The lowest BCUT2D eigenvalue weighted by Crippen LogP contribution is -2.35. The van der Waals surface area contributed by atoms with Crippen LogP contribution in [0.3, 0.4) is 0 Å². The third-order valence-corrected chi connectivity index (χ3v) is 5.45. The van der Waals surface area contributed by atoms with E-state index in [9.17, 15) is 18.3 Å². The first kappa shape index (κ1) is 18.9. The number of benzene rings is 1. The van der Waals surface area contributed by atoms with Gasteiger partial charge in [0.05, 0.1) is 17.1 Å². The van der Waals surface area contributed by atoms with Crippen molar-refractivity contribution in [2.45, 2.75) is 6.92 Å². The smallest absolute Gasteiger partial charge is 0.345 e. The van der Waals surface area contributed by atoms with Crippen LogP contribution in [-0.4, -0.2) is 46.3 Å². The van der Waals surface area contributed by atoms with Crippen molar-refractivity contribution < 1.29 is 18.3 Å². The Bertz CT molecular complexity index is 1100. The normalized spacial score (nSPS) is 15.9. The predicted molar refractivity (Wildman–Crippen MR) is 101 cm³/mol. The summed E-state index contributed by atoms with van der Waals surface area (Å²) in [6.07, 6.45) is 2.96. The Kier molecular flexibility index (Phi) is 4.70. The zero-order valence-corrected chi connectivity index (χ0v) is 16.2. The van der Waals surface area contributed by atoms with Gasteiger partial charge in [0.25, 0.3) is 5.91 Å². The van der Waals surface area contributed by atoms with Crippen molar-refractivity contribution in [1.82, 2.24) is 14.1 Å². The molecule has 142 valence electrons. The summed E-state index contributed by atoms with van der Waals surface area (Å²) in [4.78, 5) is 12.7. The number of rotatable bonds is 3. The molecule has 0 fully saturated rings. The Morgan fingerprint density at radius 2 is 2.00 bits per heavy atom. The summed E-state index contributed by atoms with van der Waals surface area (Å²) in [6.45, 7) is 1.71. The zero-order chi connectivity index (χ0) is 19.9. The Hall–Kier alpha value is -2.85. The minimum atomic E-state index is -4.10. The number of halogens is 1. The minimum Gasteiger partial charge on any atom is -0.506 e. The first-order valence-electron chi connectivity index (χ1n) is 7.69. The number of likely N-dealkylation sites (N-methyl/N-ethyl adjacent to an activating group) is 1. The predicted octanol–water partition coefficient (Wildman–Crippen LogP) is 1.59. The Balaban J connectivity index is 2.02. The fraction of sp³-hybridized carbons (Fsp3) is 0.188. The molecule has 0 atom stereocenters. The molecule has 2 heterocycles. The summed E-state index contributed by atoms with van der Waals surface area (Å²) in [5.74, 6) is -0.945. The fourth-order valence-electron chi connectivity index (χ4n) is 2.54. The summed E-state index contributed by atoms with van der Waals surface area (Å²) in [5, 5.41) is 16.8. The van der Waals surface area contributed by atoms with Crippen LogP contribution in [0, 0.1) is 6.92 Å². The molecule has 1 aliphatic heterocycles. The summed E-state index contributed by atoms with van der Waals surface area (Å²) in [6, 6.07) is 4.13. The van der Waals surface area contributed by atoms with Gasteiger partial charge in [-0.1, -0.05) is 11.6 Å². The van der Waals surface area contributed by atoms with Crippen LogP contribution < -0.4 is 5.32 Å². The molecular weight excluding hydrogens is 394 g/mol. The second-order valence-electron chi connectivity index (χ2n) is 5.87. The fourth-order valence-corrected chi connectivity index (χ4v) is 3.62. The number of allylic oxidation sites excluding steroid dienone is 1. The van der Waals surface area contributed by atoms with Crippen molar-refractivity contribution in [1.29, 1.82) is 0 Å². The number of hydrogen-bond acceptors (Lipinski definition) is 5. The molecule has 0 bridgehead atoms. The molecular formula is C16H16ClN5O4S. The summed E-state index contributed by atoms with van der Waals surface area (Å²) >= 11 is 5.87. The minimum absolute atomic E-state index is 0.0563. The molecule has 1 aromatic carbocycles. The van der Waals surface area contributed by atoms with Crippen molar-refractivity contribution in [2.75, 3.05) is 12.4 Å². The number of phenolic OH excluding ortho intramolecular Hbond substituents is 1. The molecule has 9 nitrogen and oxygen atoms in total. The van der Waals surface area contributed by atoms with Crippen molar-refractivity contribution in [2.24, 2.45) is 11.4 Å². The molecule has 1 aliphatic rings. The number of carbonyl (C=O) groups excluding carboxylic acids is 1. The van der Waals surface area contributed by atoms with Gasteiger partial charge >= 0.3 is 10.2 Å². The SMILES string of the molecule is Cc1nn(C)cc1C1=NS(=O)(=O)N(C)C(C(=O)Nc2cc(Cl)ccc2O)=C1. The van der Waals surface area contributed by atoms with E-state index < -0.39 is 16.1 Å². The standard InChI is InChI=1S/C16H16ClN5O4S/c1-9-11(8-21(2)19-9)12-7-14(22(3)27(25,26)20-12)16(24)18-13-6-10(17)4-5-15(13)23/h4-8,23H,1-3H3,(H,18,24). The van der Waals surface area contributed by atoms with Gasteiger partial charge in [0, 0.05) is 30.9 Å². The lowest BCUT2D eigenvalue weighted by molar-refractivity contribution is -0.113. The molecule has 1 aromatic heterocycles. The van der Waals surface area contributed by atoms with Crippen molar-refractivity contribution in [3.8, 4) is 5.75 Å². The largest absolute Gasteiger partial charge is 0.506 e. The van der Waals surface area contributed by atoms with Crippen LogP contribution in [0.15, 0.2) is 40.6 Å². The average Bonchev–Trinajstić information content (AvgIpc) is 2.91. The van der Waals surface area contributed by atoms with Gasteiger partial charge in [-0.15, -0.1) is 4.40 Å². The molecule has 0 aliphatic carbocycles. The van der Waals surface area contributed by atoms with Gasteiger partial charge in [-0.25, -0.2) is 4.31 Å². The van der Waals surface area contributed by atoms with Crippen LogP contribution in [0.2, 0.25) is 5.02 Å². The number of aryl methyl sites for hydroxylation is 2. The topological polar surface area (TPSA) is 117 Å². The molecule has 0 saturated carbocycles. The monoisotopic (exact) mass is 409 g/mol. The van der Waals surface area contributed by atoms with E-state index in [-0.39, 0.29) is 22.8 Å². The van der Waals surface area contributed by atoms with Crippen LogP contribution in [0.5, 0.6) is 5.75 Å². The number of amides is 1. The third-order valence-electron chi connectivity index (χ3n) is 3.90. The van der Waals surface area contributed by atoms with Gasteiger partial charge in [0.15, 0.2) is 0 Å². The number of nitrogens with zero attached hydrogens (tertiary/aromatic N) is 4. The quantitative estimate of drug-likeness (QED) is 0.746. The van der Waals surface area contributed by atoms with Gasteiger partial charge in [-0.2, -0.15) is 13.5 Å². The van der Waals surface area contributed by atoms with Crippen molar-refractivity contribution in [3.05, 3.63) is 52.4 Å². The Morgan fingerprint density at radius 3 is 2.63 bits per heavy atom. The second kappa shape index (κ2) is 6.71. The van der Waals surface area contributed by atoms with E-state index in [0.29, 0.717) is 16.3 Å². The number of phenols is 1. The summed E-state index contributed by atoms with van der Waals surface area (Å²) in [7, 11) is -1.19. The number of nitrogens with one attached hydrogen (secondary N) is 1. The first-order chi connectivity index (χ1) is 12.6. The van der Waals surface area contributed by atoms with Crippen molar-refractivity contribution in [3.63, 3.8) is 0 Å². The van der Waals surface area contributed by atoms with E-state index in [1.807, 2.05) is 0 Å². The van der Waals surface area contributed by atoms with E-state index in [1.165, 1.54) is 36.0 Å². The van der Waals surface area contributed by atoms with Crippen LogP contribution in [0.4, 0.5) is 5.69 Å². The third kappa shape index (κ3) is 3.67. The summed E-state index contributed by atoms with van der Waals surface area (Å²) < 4.78 is 30.8. The van der Waals surface area contributed by atoms with E-state index in [1.54, 1.807) is 20.2 Å². The Labute approximate surface area is 160 Å². The lowest BCUT2D eigenvalue weighted by atomic mass is 10.1. The average molecular weight is 410 g/mol. The highest BCUT2D eigenvalue weighted by molar-refractivity contribution is 7.88. The molecule has 11 heteroatoms. The maximum absolute atomic E-state index is 12.7. The first-order valence-corrected chi connectivity index (χ1v) is 9.47. The van der Waals surface area contributed by atoms with Crippen molar-refractivity contribution >= 4 is 39.1 Å². The maximum Gasteiger partial charge on any atom is 0.345 e. The molecule has 2 aromatic rings. The molecule has 2 N–H and O–H groups in total. The molecule has 0 spiro atoms. The van der Waals surface area contributed by atoms with Crippen LogP contribution >= 0.6 is 11.6 Å². The van der Waals surface area contributed by atoms with E-state index in [4.69, 9.17) is 11.6 Å². The molecule has 27 heavy (non-hydrogen) atoms. The van der Waals surface area contributed by atoms with Gasteiger partial charge in [-0.3, -0.25) is 9.48 Å². The van der Waals surface area contributed by atoms with Gasteiger partial charge in [-0.05, 0) is 31.2 Å². The van der Waals surface area contributed by atoms with E-state index in [2.05, 4.69) is 14.8 Å². The van der Waals surface area contributed by atoms with Gasteiger partial charge in [0.2, 0.25) is 0 Å². The molecule has 1 amide bonds. The number of hydrogen-bond donors (Lipinski definition) is 2.